The summed E-state index contributed by atoms with van der Waals surface area (Å²) in [5.74, 6) is -1.27. The number of allylic oxidation sites excluding steroid dienone is 19. The molecule has 1 fully saturated rings. The van der Waals surface area contributed by atoms with E-state index in [1.165, 1.54) is 70.6 Å². The largest absolute Gasteiger partial charge is 0.454 e. The fourth-order valence-corrected chi connectivity index (χ4v) is 8.48. The summed E-state index contributed by atoms with van der Waals surface area (Å²) in [4.78, 5) is 26.5. The Morgan fingerprint density at radius 1 is 0.539 bits per heavy atom. The third kappa shape index (κ3) is 39.4. The SMILES string of the molecule is CC/C=C/C=C/C=C\C=C/C=C/CCCCC(O)C(=O)NC(COC1OC(CO)C(O)C(O)C1OC(=O)CCCCCCC/C=C\C/C=C\C/C=C\C/C=C\CCCCC)C(O)/C=C/CCCCCCCCCCCC. The van der Waals surface area contributed by atoms with Crippen molar-refractivity contribution in [2.24, 2.45) is 0 Å². The highest BCUT2D eigenvalue weighted by Crippen LogP contribution is 2.26. The second-order valence-corrected chi connectivity index (χ2v) is 20.1. The van der Waals surface area contributed by atoms with Gasteiger partial charge in [0.1, 0.15) is 24.4 Å². The first-order valence-corrected chi connectivity index (χ1v) is 29.9. The number of rotatable bonds is 48. The summed E-state index contributed by atoms with van der Waals surface area (Å²) in [5.41, 5.74) is 0. The molecule has 0 radical (unpaired) electrons. The molecule has 1 rings (SSSR count). The van der Waals surface area contributed by atoms with E-state index in [1.54, 1.807) is 6.08 Å². The molecule has 1 aliphatic rings. The van der Waals surface area contributed by atoms with E-state index in [1.807, 2.05) is 60.8 Å². The van der Waals surface area contributed by atoms with Crippen molar-refractivity contribution >= 4 is 11.9 Å². The molecule has 0 aromatic carbocycles. The fraction of sp³-hybridized carbons (Fsp3) is 0.662. The second kappa shape index (κ2) is 51.8. The monoisotopic (exact) mass is 1060 g/mol. The van der Waals surface area contributed by atoms with E-state index in [2.05, 4.69) is 80.8 Å². The maximum absolute atomic E-state index is 13.4. The first kappa shape index (κ1) is 70.1. The average Bonchev–Trinajstić information content (AvgIpc) is 3.42. The number of aliphatic hydroxyl groups is 5. The number of aliphatic hydroxyl groups excluding tert-OH is 5. The number of hydrogen-bond acceptors (Lipinski definition) is 10. The molecule has 0 aromatic heterocycles. The number of carbonyl (C=O) groups excluding carboxylic acids is 2. The summed E-state index contributed by atoms with van der Waals surface area (Å²) in [5, 5.41) is 56.8. The van der Waals surface area contributed by atoms with E-state index in [0.29, 0.717) is 12.8 Å². The lowest BCUT2D eigenvalue weighted by Gasteiger charge is -2.41. The van der Waals surface area contributed by atoms with Crippen molar-refractivity contribution in [2.45, 2.75) is 262 Å². The van der Waals surface area contributed by atoms with Crippen molar-refractivity contribution < 1.29 is 49.3 Å². The van der Waals surface area contributed by atoms with Crippen LogP contribution >= 0.6 is 0 Å². The smallest absolute Gasteiger partial charge is 0.306 e. The Balaban J connectivity index is 2.74. The quantitative estimate of drug-likeness (QED) is 0.0149. The van der Waals surface area contributed by atoms with Crippen molar-refractivity contribution in [3.8, 4) is 0 Å². The lowest BCUT2D eigenvalue weighted by Crippen LogP contribution is -2.61. The van der Waals surface area contributed by atoms with Crippen LogP contribution in [0.4, 0.5) is 0 Å². The molecule has 8 atom stereocenters. The molecule has 0 bridgehead atoms. The van der Waals surface area contributed by atoms with Crippen LogP contribution in [0.5, 0.6) is 0 Å². The first-order chi connectivity index (χ1) is 37.2. The highest BCUT2D eigenvalue weighted by atomic mass is 16.7. The van der Waals surface area contributed by atoms with Gasteiger partial charge in [0.2, 0.25) is 5.91 Å². The predicted molar refractivity (Wildman–Crippen MR) is 314 cm³/mol. The van der Waals surface area contributed by atoms with Crippen LogP contribution in [-0.2, 0) is 23.8 Å². The summed E-state index contributed by atoms with van der Waals surface area (Å²) in [6.45, 7) is 5.55. The minimum Gasteiger partial charge on any atom is -0.454 e. The average molecular weight is 1060 g/mol. The number of nitrogens with one attached hydrogen (secondary N) is 1. The van der Waals surface area contributed by atoms with Gasteiger partial charge in [0.05, 0.1) is 25.4 Å². The number of ether oxygens (including phenoxy) is 3. The zero-order valence-corrected chi connectivity index (χ0v) is 47.6. The van der Waals surface area contributed by atoms with E-state index < -0.39 is 67.4 Å². The Morgan fingerprint density at radius 2 is 1.00 bits per heavy atom. The molecule has 1 aliphatic heterocycles. The molecular formula is C65H107NO10. The molecule has 1 heterocycles. The Kier molecular flexibility index (Phi) is 47.8. The normalized spacial score (nSPS) is 20.0. The van der Waals surface area contributed by atoms with Gasteiger partial charge in [-0.15, -0.1) is 0 Å². The molecule has 0 aliphatic carbocycles. The molecule has 1 saturated heterocycles. The molecular weight excluding hydrogens is 955 g/mol. The molecule has 0 aromatic rings. The number of carbonyl (C=O) groups is 2. The molecule has 6 N–H and O–H groups in total. The second-order valence-electron chi connectivity index (χ2n) is 20.1. The minimum atomic E-state index is -1.64. The van der Waals surface area contributed by atoms with E-state index >= 15 is 0 Å². The van der Waals surface area contributed by atoms with Gasteiger partial charge in [0.15, 0.2) is 12.4 Å². The number of amides is 1. The lowest BCUT2D eigenvalue weighted by atomic mass is 9.99. The van der Waals surface area contributed by atoms with E-state index in [9.17, 15) is 35.1 Å². The van der Waals surface area contributed by atoms with Crippen molar-refractivity contribution in [1.82, 2.24) is 5.32 Å². The number of unbranched alkanes of at least 4 members (excludes halogenated alkanes) is 20. The highest BCUT2D eigenvalue weighted by Gasteiger charge is 2.47. The molecule has 432 valence electrons. The maximum Gasteiger partial charge on any atom is 0.306 e. The Bertz CT molecular complexity index is 1690. The van der Waals surface area contributed by atoms with Crippen LogP contribution in [0.15, 0.2) is 122 Å². The first-order valence-electron chi connectivity index (χ1n) is 29.9. The number of hydrogen-bond donors (Lipinski definition) is 6. The van der Waals surface area contributed by atoms with Gasteiger partial charge in [0, 0.05) is 6.42 Å². The van der Waals surface area contributed by atoms with E-state index in [-0.39, 0.29) is 19.4 Å². The van der Waals surface area contributed by atoms with Gasteiger partial charge >= 0.3 is 5.97 Å². The van der Waals surface area contributed by atoms with Gasteiger partial charge in [-0.3, -0.25) is 9.59 Å². The van der Waals surface area contributed by atoms with Crippen LogP contribution in [-0.4, -0.2) is 99.6 Å². The maximum atomic E-state index is 13.4. The summed E-state index contributed by atoms with van der Waals surface area (Å²) >= 11 is 0. The zero-order valence-electron chi connectivity index (χ0n) is 47.6. The van der Waals surface area contributed by atoms with Crippen molar-refractivity contribution in [3.63, 3.8) is 0 Å². The summed E-state index contributed by atoms with van der Waals surface area (Å²) < 4.78 is 17.6. The zero-order chi connectivity index (χ0) is 55.4. The fourth-order valence-electron chi connectivity index (χ4n) is 8.48. The summed E-state index contributed by atoms with van der Waals surface area (Å²) in [6, 6.07) is -1.06. The van der Waals surface area contributed by atoms with Gasteiger partial charge < -0.3 is 45.1 Å². The summed E-state index contributed by atoms with van der Waals surface area (Å²) in [6.07, 6.45) is 60.9. The predicted octanol–water partition coefficient (Wildman–Crippen LogP) is 13.9. The molecule has 1 amide bonds. The van der Waals surface area contributed by atoms with Gasteiger partial charge in [-0.2, -0.15) is 0 Å². The molecule has 11 nitrogen and oxygen atoms in total. The van der Waals surface area contributed by atoms with Crippen molar-refractivity contribution in [2.75, 3.05) is 13.2 Å². The molecule has 0 saturated carbocycles. The minimum absolute atomic E-state index is 0.0896. The van der Waals surface area contributed by atoms with Crippen LogP contribution in [0.25, 0.3) is 0 Å². The highest BCUT2D eigenvalue weighted by molar-refractivity contribution is 5.80. The Morgan fingerprint density at radius 3 is 1.57 bits per heavy atom. The lowest BCUT2D eigenvalue weighted by molar-refractivity contribution is -0.305. The van der Waals surface area contributed by atoms with Gasteiger partial charge in [-0.25, -0.2) is 0 Å². The Labute approximate surface area is 461 Å². The third-order valence-corrected chi connectivity index (χ3v) is 13.2. The van der Waals surface area contributed by atoms with E-state index in [4.69, 9.17) is 14.2 Å². The standard InChI is InChI=1S/C65H107NO10/c1-4-7-10-13-16-19-22-25-27-28-29-30-31-32-33-35-38-41-44-47-50-53-60(70)76-63-62(72)61(71)59(54-67)75-65(63)74-55-56(57(68)51-48-45-42-39-36-24-21-18-15-12-9-6-3)66-64(73)58(69)52-49-46-43-40-37-34-26-23-20-17-14-11-8-5-2/h8,11,14,16-17,19-20,23,25-27,29-30,32-34,37,40,48,51,56-59,61-63,65,67-69,71-72H,4-7,9-10,12-13,15,18,21-22,24,28,31,35-36,38-39,41-47,49-50,52-55H2,1-3H3,(H,66,73)/b11-8+,17-14+,19-16-,23-20-,27-25-,30-29-,33-32-,34-26-,40-37+,51-48+. The van der Waals surface area contributed by atoms with Crippen LogP contribution in [0.1, 0.15) is 213 Å². The van der Waals surface area contributed by atoms with Crippen molar-refractivity contribution in [3.05, 3.63) is 122 Å². The molecule has 8 unspecified atom stereocenters. The van der Waals surface area contributed by atoms with Crippen LogP contribution in [0.3, 0.4) is 0 Å². The van der Waals surface area contributed by atoms with Gasteiger partial charge in [-0.1, -0.05) is 239 Å². The van der Waals surface area contributed by atoms with E-state index in [0.717, 1.165) is 96.3 Å². The number of esters is 1. The van der Waals surface area contributed by atoms with Crippen LogP contribution in [0.2, 0.25) is 0 Å². The van der Waals surface area contributed by atoms with Gasteiger partial charge in [0.25, 0.3) is 0 Å². The summed E-state index contributed by atoms with van der Waals surface area (Å²) in [7, 11) is 0. The van der Waals surface area contributed by atoms with Crippen molar-refractivity contribution in [1.29, 1.82) is 0 Å². The molecule has 11 heteroatoms. The van der Waals surface area contributed by atoms with Crippen LogP contribution in [0, 0.1) is 0 Å². The Hall–Kier alpha value is -3.94. The molecule has 76 heavy (non-hydrogen) atoms. The third-order valence-electron chi connectivity index (χ3n) is 13.2. The topological polar surface area (TPSA) is 175 Å². The molecule has 0 spiro atoms. The van der Waals surface area contributed by atoms with Crippen LogP contribution < -0.4 is 5.32 Å². The van der Waals surface area contributed by atoms with Gasteiger partial charge in [-0.05, 0) is 89.9 Å².